The van der Waals surface area contributed by atoms with Crippen molar-refractivity contribution in [1.29, 1.82) is 0 Å². The lowest BCUT2D eigenvalue weighted by molar-refractivity contribution is -0.144. The standard InChI is InChI=1S/C12H25NO2S/c1-4-15-12(14)11(13)7-9-16-8-5-6-10(2)3/h10-11H,4-9,13H2,1-3H3. The Morgan fingerprint density at radius 1 is 1.31 bits per heavy atom. The van der Waals surface area contributed by atoms with E-state index in [1.165, 1.54) is 12.8 Å². The first-order valence-electron chi connectivity index (χ1n) is 6.07. The maximum Gasteiger partial charge on any atom is 0.322 e. The Balaban J connectivity index is 3.34. The number of hydrogen-bond acceptors (Lipinski definition) is 4. The molecule has 1 unspecified atom stereocenters. The number of carbonyl (C=O) groups is 1. The maximum atomic E-state index is 11.2. The molecule has 0 aliphatic carbocycles. The Morgan fingerprint density at radius 3 is 2.56 bits per heavy atom. The number of nitrogens with two attached hydrogens (primary N) is 1. The highest BCUT2D eigenvalue weighted by molar-refractivity contribution is 7.99. The van der Waals surface area contributed by atoms with Crippen LogP contribution in [0.25, 0.3) is 0 Å². The summed E-state index contributed by atoms with van der Waals surface area (Å²) < 4.78 is 4.84. The van der Waals surface area contributed by atoms with Crippen LogP contribution in [0.15, 0.2) is 0 Å². The molecule has 2 N–H and O–H groups in total. The van der Waals surface area contributed by atoms with Gasteiger partial charge >= 0.3 is 5.97 Å². The summed E-state index contributed by atoms with van der Waals surface area (Å²) in [5, 5.41) is 0. The summed E-state index contributed by atoms with van der Waals surface area (Å²) in [6.45, 7) is 6.68. The number of thioether (sulfide) groups is 1. The van der Waals surface area contributed by atoms with Crippen molar-refractivity contribution < 1.29 is 9.53 Å². The Kier molecular flexibility index (Phi) is 9.83. The Morgan fingerprint density at radius 2 is 2.00 bits per heavy atom. The van der Waals surface area contributed by atoms with Crippen LogP contribution in [-0.2, 0) is 9.53 Å². The van der Waals surface area contributed by atoms with Gasteiger partial charge in [0.15, 0.2) is 0 Å². The molecular formula is C12H25NO2S. The lowest BCUT2D eigenvalue weighted by Crippen LogP contribution is -2.32. The third-order valence-electron chi connectivity index (χ3n) is 2.23. The van der Waals surface area contributed by atoms with Gasteiger partial charge in [0.25, 0.3) is 0 Å². The zero-order valence-electron chi connectivity index (χ0n) is 10.7. The molecule has 16 heavy (non-hydrogen) atoms. The fourth-order valence-corrected chi connectivity index (χ4v) is 2.27. The van der Waals surface area contributed by atoms with Crippen LogP contribution in [0.2, 0.25) is 0 Å². The van der Waals surface area contributed by atoms with E-state index in [-0.39, 0.29) is 5.97 Å². The van der Waals surface area contributed by atoms with E-state index in [9.17, 15) is 4.79 Å². The Labute approximate surface area is 103 Å². The van der Waals surface area contributed by atoms with E-state index in [4.69, 9.17) is 10.5 Å². The molecule has 4 heteroatoms. The molecule has 0 aromatic carbocycles. The van der Waals surface area contributed by atoms with Crippen molar-refractivity contribution in [1.82, 2.24) is 0 Å². The van der Waals surface area contributed by atoms with Crippen molar-refractivity contribution in [3.8, 4) is 0 Å². The molecule has 0 radical (unpaired) electrons. The van der Waals surface area contributed by atoms with Gasteiger partial charge in [0, 0.05) is 0 Å². The van der Waals surface area contributed by atoms with Gasteiger partial charge in [0.2, 0.25) is 0 Å². The van der Waals surface area contributed by atoms with Crippen LogP contribution in [0, 0.1) is 5.92 Å². The van der Waals surface area contributed by atoms with Crippen molar-refractivity contribution >= 4 is 17.7 Å². The van der Waals surface area contributed by atoms with Crippen molar-refractivity contribution in [3.05, 3.63) is 0 Å². The van der Waals surface area contributed by atoms with Crippen LogP contribution < -0.4 is 5.73 Å². The van der Waals surface area contributed by atoms with E-state index in [1.807, 2.05) is 11.8 Å². The molecule has 0 aromatic rings. The molecule has 0 amide bonds. The van der Waals surface area contributed by atoms with Crippen LogP contribution in [0.1, 0.15) is 40.0 Å². The van der Waals surface area contributed by atoms with Crippen LogP contribution in [0.5, 0.6) is 0 Å². The van der Waals surface area contributed by atoms with E-state index in [0.717, 1.165) is 17.4 Å². The average Bonchev–Trinajstić information content (AvgIpc) is 2.22. The molecule has 0 aliphatic rings. The molecule has 0 aromatic heterocycles. The van der Waals surface area contributed by atoms with Gasteiger partial charge in [-0.15, -0.1) is 0 Å². The quantitative estimate of drug-likeness (QED) is 0.502. The predicted molar refractivity (Wildman–Crippen MR) is 70.6 cm³/mol. The van der Waals surface area contributed by atoms with Gasteiger partial charge in [-0.05, 0) is 37.2 Å². The molecule has 0 fully saturated rings. The number of rotatable bonds is 9. The molecular weight excluding hydrogens is 222 g/mol. The molecule has 3 nitrogen and oxygen atoms in total. The summed E-state index contributed by atoms with van der Waals surface area (Å²) in [6, 6.07) is -0.447. The molecule has 0 heterocycles. The lowest BCUT2D eigenvalue weighted by Gasteiger charge is -2.10. The highest BCUT2D eigenvalue weighted by Gasteiger charge is 2.13. The highest BCUT2D eigenvalue weighted by atomic mass is 32.2. The number of esters is 1. The molecule has 0 saturated heterocycles. The number of hydrogen-bond donors (Lipinski definition) is 1. The Bertz CT molecular complexity index is 186. The van der Waals surface area contributed by atoms with Gasteiger partial charge in [-0.1, -0.05) is 20.3 Å². The second-order valence-corrected chi connectivity index (χ2v) is 5.52. The topological polar surface area (TPSA) is 52.3 Å². The molecule has 0 spiro atoms. The van der Waals surface area contributed by atoms with Crippen LogP contribution in [0.3, 0.4) is 0 Å². The second-order valence-electron chi connectivity index (χ2n) is 4.30. The SMILES string of the molecule is CCOC(=O)C(N)CCSCCCC(C)C. The van der Waals surface area contributed by atoms with Gasteiger partial charge in [-0.2, -0.15) is 11.8 Å². The third-order valence-corrected chi connectivity index (χ3v) is 3.33. The summed E-state index contributed by atoms with van der Waals surface area (Å²) in [6.07, 6.45) is 3.24. The fourth-order valence-electron chi connectivity index (χ4n) is 1.27. The van der Waals surface area contributed by atoms with Crippen LogP contribution in [0.4, 0.5) is 0 Å². The number of carbonyl (C=O) groups excluding carboxylic acids is 1. The molecule has 0 saturated carbocycles. The predicted octanol–water partition coefficient (Wildman–Crippen LogP) is 2.44. The molecule has 0 rings (SSSR count). The second kappa shape index (κ2) is 9.97. The third kappa shape index (κ3) is 9.04. The normalized spacial score (nSPS) is 12.8. The van der Waals surface area contributed by atoms with Gasteiger partial charge in [-0.25, -0.2) is 0 Å². The molecule has 0 bridgehead atoms. The van der Waals surface area contributed by atoms with Crippen molar-refractivity contribution in [2.75, 3.05) is 18.1 Å². The summed E-state index contributed by atoms with van der Waals surface area (Å²) in [5.74, 6) is 2.61. The first kappa shape index (κ1) is 15.8. The summed E-state index contributed by atoms with van der Waals surface area (Å²) in [7, 11) is 0. The largest absolute Gasteiger partial charge is 0.465 e. The van der Waals surface area contributed by atoms with E-state index >= 15 is 0 Å². The molecule has 96 valence electrons. The van der Waals surface area contributed by atoms with Crippen LogP contribution in [-0.4, -0.2) is 30.1 Å². The van der Waals surface area contributed by atoms with Gasteiger partial charge in [-0.3, -0.25) is 4.79 Å². The highest BCUT2D eigenvalue weighted by Crippen LogP contribution is 2.11. The average molecular weight is 247 g/mol. The Hall–Kier alpha value is -0.220. The minimum Gasteiger partial charge on any atom is -0.465 e. The van der Waals surface area contributed by atoms with Gasteiger partial charge in [0.05, 0.1) is 6.61 Å². The first-order valence-corrected chi connectivity index (χ1v) is 7.23. The molecule has 1 atom stereocenters. The van der Waals surface area contributed by atoms with Gasteiger partial charge < -0.3 is 10.5 Å². The van der Waals surface area contributed by atoms with E-state index in [2.05, 4.69) is 13.8 Å². The maximum absolute atomic E-state index is 11.2. The number of ether oxygens (including phenoxy) is 1. The smallest absolute Gasteiger partial charge is 0.322 e. The zero-order chi connectivity index (χ0) is 12.4. The van der Waals surface area contributed by atoms with Crippen molar-refractivity contribution in [2.24, 2.45) is 11.7 Å². The summed E-state index contributed by atoms with van der Waals surface area (Å²) in [5.41, 5.74) is 5.68. The van der Waals surface area contributed by atoms with Crippen LogP contribution >= 0.6 is 11.8 Å². The first-order chi connectivity index (χ1) is 7.57. The fraction of sp³-hybridized carbons (Fsp3) is 0.917. The van der Waals surface area contributed by atoms with E-state index < -0.39 is 6.04 Å². The lowest BCUT2D eigenvalue weighted by atomic mass is 10.1. The zero-order valence-corrected chi connectivity index (χ0v) is 11.5. The molecule has 0 aliphatic heterocycles. The van der Waals surface area contributed by atoms with E-state index in [0.29, 0.717) is 13.0 Å². The monoisotopic (exact) mass is 247 g/mol. The summed E-state index contributed by atoms with van der Waals surface area (Å²) >= 11 is 1.87. The van der Waals surface area contributed by atoms with Gasteiger partial charge in [0.1, 0.15) is 6.04 Å². The van der Waals surface area contributed by atoms with Crippen molar-refractivity contribution in [3.63, 3.8) is 0 Å². The summed E-state index contributed by atoms with van der Waals surface area (Å²) in [4.78, 5) is 11.2. The van der Waals surface area contributed by atoms with E-state index in [1.54, 1.807) is 6.92 Å². The van der Waals surface area contributed by atoms with Crippen molar-refractivity contribution in [2.45, 2.75) is 46.1 Å². The minimum atomic E-state index is -0.447. The minimum absolute atomic E-state index is 0.273.